The van der Waals surface area contributed by atoms with Crippen LogP contribution in [0.4, 0.5) is 0 Å². The number of rotatable bonds is 7. The highest BCUT2D eigenvalue weighted by Gasteiger charge is 2.14. The second kappa shape index (κ2) is 7.75. The van der Waals surface area contributed by atoms with Crippen LogP contribution in [0, 0.1) is 9.49 Å². The number of ether oxygens (including phenoxy) is 3. The summed E-state index contributed by atoms with van der Waals surface area (Å²) < 4.78 is 17.8. The van der Waals surface area contributed by atoms with Crippen LogP contribution in [0.15, 0.2) is 18.7 Å². The molecule has 106 valence electrons. The summed E-state index contributed by atoms with van der Waals surface area (Å²) in [4.78, 5) is 0. The predicted octanol–water partition coefficient (Wildman–Crippen LogP) is 4.34. The predicted molar refractivity (Wildman–Crippen MR) is 86.7 cm³/mol. The molecule has 0 fully saturated rings. The van der Waals surface area contributed by atoms with Crippen LogP contribution in [0.2, 0.25) is 0 Å². The van der Waals surface area contributed by atoms with Crippen LogP contribution < -0.4 is 9.47 Å². The van der Waals surface area contributed by atoms with Crippen LogP contribution in [0.25, 0.3) is 6.08 Å². The minimum absolute atomic E-state index is 0.306. The molecule has 0 amide bonds. The minimum atomic E-state index is -0.306. The van der Waals surface area contributed by atoms with Crippen molar-refractivity contribution in [3.8, 4) is 11.5 Å². The smallest absolute Gasteiger partial charge is 0.197 e. The summed E-state index contributed by atoms with van der Waals surface area (Å²) in [5.74, 6) is 1.89. The fourth-order valence-electron chi connectivity index (χ4n) is 1.50. The molecule has 4 heteroatoms. The van der Waals surface area contributed by atoms with E-state index in [1.54, 1.807) is 13.2 Å². The number of hydrogen-bond donors (Lipinski definition) is 0. The normalized spacial score (nSPS) is 12.3. The van der Waals surface area contributed by atoms with Crippen LogP contribution in [0.1, 0.15) is 26.3 Å². The van der Waals surface area contributed by atoms with Gasteiger partial charge in [0.05, 0.1) is 17.3 Å². The van der Waals surface area contributed by atoms with Crippen molar-refractivity contribution in [2.24, 2.45) is 5.92 Å². The quantitative estimate of drug-likeness (QED) is 0.524. The molecule has 0 saturated heterocycles. The molecule has 0 spiro atoms. The third-order valence-corrected chi connectivity index (χ3v) is 3.24. The molecule has 3 nitrogen and oxygen atoms in total. The Labute approximate surface area is 129 Å². The molecule has 0 N–H and O–H groups in total. The summed E-state index contributed by atoms with van der Waals surface area (Å²) in [7, 11) is 1.63. The van der Waals surface area contributed by atoms with Gasteiger partial charge in [0.15, 0.2) is 17.8 Å². The second-order valence-corrected chi connectivity index (χ2v) is 5.81. The van der Waals surface area contributed by atoms with Crippen LogP contribution in [-0.2, 0) is 4.74 Å². The molecule has 1 rings (SSSR count). The van der Waals surface area contributed by atoms with Crippen molar-refractivity contribution in [3.05, 3.63) is 27.8 Å². The third kappa shape index (κ3) is 5.03. The van der Waals surface area contributed by atoms with Gasteiger partial charge in [-0.15, -0.1) is 0 Å². The van der Waals surface area contributed by atoms with Crippen molar-refractivity contribution < 1.29 is 14.2 Å². The van der Waals surface area contributed by atoms with Gasteiger partial charge < -0.3 is 14.2 Å². The highest BCUT2D eigenvalue weighted by Crippen LogP contribution is 2.35. The highest BCUT2D eigenvalue weighted by atomic mass is 127. The van der Waals surface area contributed by atoms with Gasteiger partial charge in [-0.05, 0) is 53.1 Å². The van der Waals surface area contributed by atoms with Gasteiger partial charge in [0, 0.05) is 0 Å². The second-order valence-electron chi connectivity index (χ2n) is 4.65. The summed E-state index contributed by atoms with van der Waals surface area (Å²) in [5.41, 5.74) is 1.00. The standard InChI is InChI=1S/C15H21IO3/c1-6-12-7-13(16)15(14(8-12)17-5)19-11(4)18-9-10(2)3/h6-8,10-11H,1,9H2,2-5H3. The van der Waals surface area contributed by atoms with Gasteiger partial charge in [-0.25, -0.2) is 0 Å². The topological polar surface area (TPSA) is 27.7 Å². The lowest BCUT2D eigenvalue weighted by Crippen LogP contribution is -2.19. The molecule has 0 aliphatic heterocycles. The maximum absolute atomic E-state index is 5.83. The zero-order valence-electron chi connectivity index (χ0n) is 11.9. The molecule has 0 radical (unpaired) electrons. The maximum Gasteiger partial charge on any atom is 0.197 e. The van der Waals surface area contributed by atoms with E-state index in [1.807, 2.05) is 19.1 Å². The van der Waals surface area contributed by atoms with Gasteiger partial charge in [0.1, 0.15) is 0 Å². The Morgan fingerprint density at radius 1 is 1.32 bits per heavy atom. The first-order valence-electron chi connectivity index (χ1n) is 6.26. The zero-order valence-corrected chi connectivity index (χ0v) is 14.1. The lowest BCUT2D eigenvalue weighted by molar-refractivity contribution is -0.0768. The molecule has 0 aromatic heterocycles. The van der Waals surface area contributed by atoms with Crippen LogP contribution in [-0.4, -0.2) is 20.0 Å². The van der Waals surface area contributed by atoms with Gasteiger partial charge in [-0.3, -0.25) is 0 Å². The van der Waals surface area contributed by atoms with E-state index in [4.69, 9.17) is 14.2 Å². The average Bonchev–Trinajstić information content (AvgIpc) is 2.38. The molecule has 19 heavy (non-hydrogen) atoms. The molecule has 1 aromatic carbocycles. The largest absolute Gasteiger partial charge is 0.493 e. The molecule has 1 aromatic rings. The SMILES string of the molecule is C=Cc1cc(I)c(OC(C)OCC(C)C)c(OC)c1. The molecule has 1 unspecified atom stereocenters. The van der Waals surface area contributed by atoms with Crippen molar-refractivity contribution >= 4 is 28.7 Å². The number of hydrogen-bond acceptors (Lipinski definition) is 3. The monoisotopic (exact) mass is 376 g/mol. The molecular weight excluding hydrogens is 355 g/mol. The number of halogens is 1. The summed E-state index contributed by atoms with van der Waals surface area (Å²) in [6.07, 6.45) is 1.48. The minimum Gasteiger partial charge on any atom is -0.493 e. The Morgan fingerprint density at radius 2 is 2.00 bits per heavy atom. The van der Waals surface area contributed by atoms with E-state index in [1.165, 1.54) is 0 Å². The highest BCUT2D eigenvalue weighted by molar-refractivity contribution is 14.1. The number of benzene rings is 1. The van der Waals surface area contributed by atoms with Gasteiger partial charge in [0.2, 0.25) is 0 Å². The molecule has 0 aliphatic rings. The Balaban J connectivity index is 2.84. The summed E-state index contributed by atoms with van der Waals surface area (Å²) in [5, 5.41) is 0. The summed E-state index contributed by atoms with van der Waals surface area (Å²) in [6, 6.07) is 3.90. The first-order valence-corrected chi connectivity index (χ1v) is 7.34. The molecule has 1 atom stereocenters. The van der Waals surface area contributed by atoms with Crippen molar-refractivity contribution in [3.63, 3.8) is 0 Å². The lowest BCUT2D eigenvalue weighted by Gasteiger charge is -2.19. The fourth-order valence-corrected chi connectivity index (χ4v) is 2.25. The maximum atomic E-state index is 5.83. The lowest BCUT2D eigenvalue weighted by atomic mass is 10.2. The van der Waals surface area contributed by atoms with Gasteiger partial charge in [-0.2, -0.15) is 0 Å². The van der Waals surface area contributed by atoms with Crippen LogP contribution in [0.3, 0.4) is 0 Å². The summed E-state index contributed by atoms with van der Waals surface area (Å²) in [6.45, 7) is 10.5. The van der Waals surface area contributed by atoms with Crippen molar-refractivity contribution in [1.29, 1.82) is 0 Å². The molecule has 0 bridgehead atoms. The van der Waals surface area contributed by atoms with E-state index in [-0.39, 0.29) is 6.29 Å². The first kappa shape index (κ1) is 16.3. The molecule has 0 heterocycles. The molecular formula is C15H21IO3. The van der Waals surface area contributed by atoms with E-state index >= 15 is 0 Å². The van der Waals surface area contributed by atoms with E-state index in [0.717, 1.165) is 9.13 Å². The zero-order chi connectivity index (χ0) is 14.4. The molecule has 0 aliphatic carbocycles. The van der Waals surface area contributed by atoms with E-state index in [9.17, 15) is 0 Å². The number of methoxy groups -OCH3 is 1. The van der Waals surface area contributed by atoms with Gasteiger partial charge in [0.25, 0.3) is 0 Å². The van der Waals surface area contributed by atoms with Crippen molar-refractivity contribution in [1.82, 2.24) is 0 Å². The van der Waals surface area contributed by atoms with Crippen LogP contribution in [0.5, 0.6) is 11.5 Å². The van der Waals surface area contributed by atoms with E-state index in [2.05, 4.69) is 43.0 Å². The Morgan fingerprint density at radius 3 is 2.53 bits per heavy atom. The van der Waals surface area contributed by atoms with Gasteiger partial charge >= 0.3 is 0 Å². The van der Waals surface area contributed by atoms with Crippen molar-refractivity contribution in [2.45, 2.75) is 27.1 Å². The summed E-state index contributed by atoms with van der Waals surface area (Å²) >= 11 is 2.23. The third-order valence-electron chi connectivity index (χ3n) is 2.44. The van der Waals surface area contributed by atoms with E-state index in [0.29, 0.717) is 24.0 Å². The average molecular weight is 376 g/mol. The Kier molecular flexibility index (Phi) is 6.65. The van der Waals surface area contributed by atoms with Crippen molar-refractivity contribution in [2.75, 3.05) is 13.7 Å². The van der Waals surface area contributed by atoms with E-state index < -0.39 is 0 Å². The van der Waals surface area contributed by atoms with Gasteiger partial charge in [-0.1, -0.05) is 26.5 Å². The molecule has 0 saturated carbocycles. The Hall–Kier alpha value is -0.750. The first-order chi connectivity index (χ1) is 8.97. The fraction of sp³-hybridized carbons (Fsp3) is 0.467. The van der Waals surface area contributed by atoms with Crippen LogP contribution >= 0.6 is 22.6 Å². The Bertz CT molecular complexity index is 430.